The van der Waals surface area contributed by atoms with E-state index >= 15 is 0 Å². The second-order valence-electron chi connectivity index (χ2n) is 0.513. The fraction of sp³-hybridized carbons (Fsp3) is 0. The molecule has 0 spiro atoms. The molecule has 0 aromatic carbocycles. The van der Waals surface area contributed by atoms with Crippen LogP contribution in [-0.4, -0.2) is 14.7 Å². The first-order valence-electron chi connectivity index (χ1n) is 0.783. The molecule has 4 nitrogen and oxygen atoms in total. The van der Waals surface area contributed by atoms with Crippen molar-refractivity contribution in [2.75, 3.05) is 0 Å². The Morgan fingerprint density at radius 2 is 0.500 bits per heavy atom. The Balaban J connectivity index is -0.000000000879. The molecule has 0 rings (SSSR count). The summed E-state index contributed by atoms with van der Waals surface area (Å²) < 4.78 is 8.88. The first-order chi connectivity index (χ1) is 2.00. The zero-order chi connectivity index (χ0) is 4.50. The summed E-state index contributed by atoms with van der Waals surface area (Å²) in [5, 5.41) is 0. The van der Waals surface area contributed by atoms with Gasteiger partial charge < -0.3 is 16.1 Å². The zero-order valence-electron chi connectivity index (χ0n) is 9.10. The number of rotatable bonds is 0. The number of hydrogen-bond donors (Lipinski definition) is 3. The van der Waals surface area contributed by atoms with Crippen molar-refractivity contribution >= 4 is 7.82 Å². The van der Waals surface area contributed by atoms with Crippen LogP contribution in [0.25, 0.3) is 0 Å². The largest absolute Gasteiger partial charge is 1.00 e. The van der Waals surface area contributed by atoms with Gasteiger partial charge in [0.1, 0.15) is 0 Å². The van der Waals surface area contributed by atoms with E-state index in [1.165, 1.54) is 0 Å². The van der Waals surface area contributed by atoms with Crippen LogP contribution < -0.4 is 29.6 Å². The molecule has 0 heterocycles. The first kappa shape index (κ1) is 106. The standard InChI is InChI=1S/12Mo.Na.H3O4P.H/c;;;;;;;;;;;;;1-5(2,3)4;/h;;;;;;;;;;;;;(H3,1,2,3,4);/q;;;;;;;;;;;;+1;;-1. The molecule has 18 heavy (non-hydrogen) atoms. The minimum absolute atomic E-state index is 0. The molecule has 0 saturated heterocycles. The third-order valence-corrected chi connectivity index (χ3v) is 0. The van der Waals surface area contributed by atoms with Crippen LogP contribution in [0.2, 0.25) is 0 Å². The van der Waals surface area contributed by atoms with E-state index in [0.29, 0.717) is 0 Å². The van der Waals surface area contributed by atoms with E-state index in [4.69, 9.17) is 19.2 Å². The summed E-state index contributed by atoms with van der Waals surface area (Å²) in [6, 6.07) is 0. The molecule has 0 amide bonds. The molecule has 0 aliphatic rings. The molecule has 0 bridgehead atoms. The van der Waals surface area contributed by atoms with Crippen LogP contribution in [-0.2, 0) is 257 Å². The summed E-state index contributed by atoms with van der Waals surface area (Å²) >= 11 is 0. The van der Waals surface area contributed by atoms with Crippen molar-refractivity contribution < 1.29 is 303 Å². The Kier molecular flexibility index (Phi) is 425. The van der Waals surface area contributed by atoms with Gasteiger partial charge in [-0.2, -0.15) is 0 Å². The monoisotopic (exact) mass is 1300 g/mol. The van der Waals surface area contributed by atoms with Crippen molar-refractivity contribution in [3.05, 3.63) is 0 Å². The van der Waals surface area contributed by atoms with Crippen molar-refractivity contribution in [2.24, 2.45) is 0 Å². The van der Waals surface area contributed by atoms with Crippen molar-refractivity contribution in [3.8, 4) is 0 Å². The molecule has 0 aliphatic heterocycles. The predicted octanol–water partition coefficient (Wildman–Crippen LogP) is -3.84. The molecule has 3 N–H and O–H groups in total. The van der Waals surface area contributed by atoms with Gasteiger partial charge in [-0.3, -0.25) is 0 Å². The van der Waals surface area contributed by atoms with E-state index in [-0.39, 0.29) is 284 Å². The Bertz CT molecular complexity index is 75.9. The zero-order valence-corrected chi connectivity index (χ0v) is 35.1. The van der Waals surface area contributed by atoms with Crippen molar-refractivity contribution in [2.45, 2.75) is 0 Å². The molecule has 0 atom stereocenters. The van der Waals surface area contributed by atoms with Gasteiger partial charge in [0.15, 0.2) is 0 Å². The van der Waals surface area contributed by atoms with Gasteiger partial charge in [-0.25, -0.2) is 4.57 Å². The summed E-state index contributed by atoms with van der Waals surface area (Å²) in [5.41, 5.74) is 0. The summed E-state index contributed by atoms with van der Waals surface area (Å²) in [4.78, 5) is 21.6. The molecule has 0 unspecified atom stereocenters. The van der Waals surface area contributed by atoms with Crippen molar-refractivity contribution in [1.29, 1.82) is 0 Å². The smallest absolute Gasteiger partial charge is 1.00 e. The minimum atomic E-state index is -4.64. The minimum Gasteiger partial charge on any atom is -1.00 e. The maximum Gasteiger partial charge on any atom is 1.00 e. The van der Waals surface area contributed by atoms with E-state index in [0.717, 1.165) is 0 Å². The Hall–Kier alpha value is 9.37. The normalized spacial score (nSPS) is 3.28. The summed E-state index contributed by atoms with van der Waals surface area (Å²) in [5.74, 6) is 0. The third-order valence-electron chi connectivity index (χ3n) is 0. The average molecular weight is 1270 g/mol. The molecule has 0 fully saturated rings. The summed E-state index contributed by atoms with van der Waals surface area (Å²) in [7, 11) is -4.64. The quantitative estimate of drug-likeness (QED) is 0.172. The van der Waals surface area contributed by atoms with Crippen molar-refractivity contribution in [1.82, 2.24) is 0 Å². The van der Waals surface area contributed by atoms with Crippen LogP contribution in [0.3, 0.4) is 0 Å². The van der Waals surface area contributed by atoms with Crippen molar-refractivity contribution in [3.63, 3.8) is 0 Å². The second kappa shape index (κ2) is 71.8. The van der Waals surface area contributed by atoms with Gasteiger partial charge in [-0.1, -0.05) is 0 Å². The van der Waals surface area contributed by atoms with Crippen LogP contribution >= 0.6 is 7.82 Å². The Morgan fingerprint density at radius 1 is 0.500 bits per heavy atom. The number of hydrogen-bond acceptors (Lipinski definition) is 1. The molecular weight excluding hydrogens is 1270 g/mol. The van der Waals surface area contributed by atoms with E-state index in [1.54, 1.807) is 0 Å². The van der Waals surface area contributed by atoms with Crippen LogP contribution in [0.4, 0.5) is 0 Å². The van der Waals surface area contributed by atoms with Gasteiger partial charge in [0.25, 0.3) is 0 Å². The maximum absolute atomic E-state index is 8.88. The van der Waals surface area contributed by atoms with E-state index in [9.17, 15) is 0 Å². The topological polar surface area (TPSA) is 77.8 Å². The van der Waals surface area contributed by atoms with Gasteiger partial charge in [-0.15, -0.1) is 0 Å². The molecule has 0 saturated carbocycles. The average Bonchev–Trinajstić information content (AvgIpc) is 0.722. The third kappa shape index (κ3) is 172. The van der Waals surface area contributed by atoms with Crippen LogP contribution in [0.15, 0.2) is 0 Å². The number of phosphoric acid groups is 1. The van der Waals surface area contributed by atoms with Crippen LogP contribution in [0.5, 0.6) is 0 Å². The molecule has 0 aromatic heterocycles. The second-order valence-corrected chi connectivity index (χ2v) is 1.54. The molecule has 0 aliphatic carbocycles. The first-order valence-corrected chi connectivity index (χ1v) is 2.35. The Labute approximate surface area is 303 Å². The molecule has 106 valence electrons. The van der Waals surface area contributed by atoms with E-state index in [1.807, 2.05) is 0 Å². The molecule has 0 aromatic rings. The summed E-state index contributed by atoms with van der Waals surface area (Å²) in [6.45, 7) is 0. The van der Waals surface area contributed by atoms with Crippen LogP contribution in [0, 0.1) is 0 Å². The van der Waals surface area contributed by atoms with Gasteiger partial charge in [0.05, 0.1) is 0 Å². The molecule has 18 heteroatoms. The van der Waals surface area contributed by atoms with Gasteiger partial charge >= 0.3 is 37.4 Å². The van der Waals surface area contributed by atoms with Crippen LogP contribution in [0.1, 0.15) is 1.43 Å². The van der Waals surface area contributed by atoms with Gasteiger partial charge in [0.2, 0.25) is 0 Å². The Morgan fingerprint density at radius 3 is 0.500 bits per heavy atom. The maximum atomic E-state index is 8.88. The SMILES string of the molecule is O=P(O)(O)O.[H-].[Mo].[Mo].[Mo].[Mo].[Mo].[Mo].[Mo].[Mo].[Mo].[Mo].[Mo].[Mo].[Na+]. The fourth-order valence-corrected chi connectivity index (χ4v) is 0. The predicted molar refractivity (Wildman–Crippen MR) is 15.4 cm³/mol. The molecule has 0 radical (unpaired) electrons. The van der Waals surface area contributed by atoms with E-state index < -0.39 is 7.82 Å². The summed E-state index contributed by atoms with van der Waals surface area (Å²) in [6.07, 6.45) is 0. The fourth-order valence-electron chi connectivity index (χ4n) is 0. The van der Waals surface area contributed by atoms with Gasteiger partial charge in [0, 0.05) is 253 Å². The van der Waals surface area contributed by atoms with E-state index in [2.05, 4.69) is 0 Å². The molecular formula is H4Mo12NaO4P. The van der Waals surface area contributed by atoms with Gasteiger partial charge in [-0.05, 0) is 0 Å².